The summed E-state index contributed by atoms with van der Waals surface area (Å²) in [7, 11) is 0. The third kappa shape index (κ3) is 2.13. The van der Waals surface area contributed by atoms with Gasteiger partial charge in [-0.15, -0.1) is 4.99 Å². The molecule has 13 heavy (non-hydrogen) atoms. The second-order valence-electron chi connectivity index (χ2n) is 1.87. The Bertz CT molecular complexity index is 400. The molecule has 0 aliphatic carbocycles. The predicted molar refractivity (Wildman–Crippen MR) is 52.1 cm³/mol. The lowest BCUT2D eigenvalue weighted by atomic mass is 10.4. The van der Waals surface area contributed by atoms with E-state index in [0.717, 1.165) is 0 Å². The Balaban J connectivity index is 3.49. The number of hydrogen-bond donors (Lipinski definition) is 0. The number of isocyanates is 1. The van der Waals surface area contributed by atoms with E-state index in [9.17, 15) is 4.79 Å². The summed E-state index contributed by atoms with van der Waals surface area (Å²) in [5.41, 5.74) is 0. The summed E-state index contributed by atoms with van der Waals surface area (Å²) in [5.74, 6) is -0.101. The molecule has 0 saturated carbocycles. The topological polar surface area (TPSA) is 42.3 Å². The minimum atomic E-state index is -0.101. The number of hydrogen-bond acceptors (Lipinski definition) is 3. The van der Waals surface area contributed by atoms with Gasteiger partial charge in [0.25, 0.3) is 0 Å². The zero-order valence-electron chi connectivity index (χ0n) is 5.81. The smallest absolute Gasteiger partial charge is 0.213 e. The van der Waals surface area contributed by atoms with E-state index in [1.807, 2.05) is 0 Å². The summed E-state index contributed by atoms with van der Waals surface area (Å²) in [6, 6.07) is 0. The van der Waals surface area contributed by atoms with Crippen LogP contribution >= 0.6 is 46.4 Å². The van der Waals surface area contributed by atoms with Gasteiger partial charge in [-0.3, -0.25) is 0 Å². The fraction of sp³-hybridized carbons (Fsp3) is 0. The molecule has 0 saturated heterocycles. The maximum absolute atomic E-state index is 9.92. The van der Waals surface area contributed by atoms with Crippen LogP contribution in [0.25, 0.3) is 0 Å². The average Bonchev–Trinajstić information content (AvgIpc) is 2.11. The first-order valence-corrected chi connectivity index (χ1v) is 4.37. The van der Waals surface area contributed by atoms with Crippen molar-refractivity contribution < 1.29 is 4.79 Å². The fourth-order valence-corrected chi connectivity index (χ4v) is 1.35. The van der Waals surface area contributed by atoms with E-state index in [1.165, 1.54) is 6.08 Å². The molecule has 7 heteroatoms. The van der Waals surface area contributed by atoms with E-state index in [4.69, 9.17) is 46.4 Å². The Morgan fingerprint density at radius 2 is 1.69 bits per heavy atom. The summed E-state index contributed by atoms with van der Waals surface area (Å²) >= 11 is 22.4. The molecular formula is C6Cl4N2O. The second kappa shape index (κ2) is 4.27. The van der Waals surface area contributed by atoms with Crippen LogP contribution < -0.4 is 0 Å². The Labute approximate surface area is 93.3 Å². The summed E-state index contributed by atoms with van der Waals surface area (Å²) < 4.78 is 0. The third-order valence-corrected chi connectivity index (χ3v) is 2.79. The molecule has 68 valence electrons. The van der Waals surface area contributed by atoms with Crippen molar-refractivity contribution in [3.05, 3.63) is 20.2 Å². The molecule has 0 amide bonds. The quantitative estimate of drug-likeness (QED) is 0.438. The van der Waals surface area contributed by atoms with Crippen molar-refractivity contribution in [2.75, 3.05) is 0 Å². The molecule has 0 radical (unpaired) electrons. The molecule has 0 aromatic carbocycles. The van der Waals surface area contributed by atoms with Gasteiger partial charge in [0.05, 0.1) is 10.0 Å². The van der Waals surface area contributed by atoms with Crippen molar-refractivity contribution in [2.24, 2.45) is 4.99 Å². The molecule has 0 bridgehead atoms. The van der Waals surface area contributed by atoms with E-state index >= 15 is 0 Å². The number of aromatic nitrogens is 1. The molecular weight excluding hydrogens is 258 g/mol. The van der Waals surface area contributed by atoms with Gasteiger partial charge in [-0.2, -0.15) is 0 Å². The van der Waals surface area contributed by atoms with Gasteiger partial charge in [0.2, 0.25) is 6.08 Å². The van der Waals surface area contributed by atoms with Gasteiger partial charge >= 0.3 is 0 Å². The first kappa shape index (κ1) is 10.8. The van der Waals surface area contributed by atoms with Crippen molar-refractivity contribution in [3.63, 3.8) is 0 Å². The van der Waals surface area contributed by atoms with Gasteiger partial charge < -0.3 is 0 Å². The average molecular weight is 258 g/mol. The minimum absolute atomic E-state index is 0.0114. The molecule has 0 fully saturated rings. The monoisotopic (exact) mass is 256 g/mol. The highest BCUT2D eigenvalue weighted by Crippen LogP contribution is 2.39. The van der Waals surface area contributed by atoms with Crippen LogP contribution in [0.4, 0.5) is 5.82 Å². The van der Waals surface area contributed by atoms with Crippen molar-refractivity contribution in [1.82, 2.24) is 4.98 Å². The molecule has 0 unspecified atom stereocenters. The highest BCUT2D eigenvalue weighted by Gasteiger charge is 2.14. The standard InChI is InChI=1S/C6Cl4N2O/c7-2-3(8)5(10)12-6(4(2)9)11-1-13. The van der Waals surface area contributed by atoms with E-state index in [-0.39, 0.29) is 26.0 Å². The van der Waals surface area contributed by atoms with Crippen LogP contribution in [0, 0.1) is 0 Å². The Morgan fingerprint density at radius 3 is 2.23 bits per heavy atom. The van der Waals surface area contributed by atoms with Gasteiger partial charge in [-0.05, 0) is 0 Å². The number of pyridine rings is 1. The number of nitrogens with zero attached hydrogens (tertiary/aromatic N) is 2. The van der Waals surface area contributed by atoms with Crippen molar-refractivity contribution in [3.8, 4) is 0 Å². The Hall–Kier alpha value is -0.310. The molecule has 0 spiro atoms. The Kier molecular flexibility index (Phi) is 3.54. The van der Waals surface area contributed by atoms with Gasteiger partial charge in [0.1, 0.15) is 5.02 Å². The molecule has 1 aromatic rings. The summed E-state index contributed by atoms with van der Waals surface area (Å²) in [6.07, 6.45) is 1.27. The molecule has 1 heterocycles. The van der Waals surface area contributed by atoms with Crippen molar-refractivity contribution >= 4 is 58.3 Å². The summed E-state index contributed by atoms with van der Waals surface area (Å²) in [5, 5.41) is -0.0556. The lowest BCUT2D eigenvalue weighted by molar-refractivity contribution is 0.565. The molecule has 3 nitrogen and oxygen atoms in total. The first-order chi connectivity index (χ1) is 6.07. The predicted octanol–water partition coefficient (Wildman–Crippen LogP) is 3.66. The van der Waals surface area contributed by atoms with Gasteiger partial charge in [0, 0.05) is 0 Å². The SMILES string of the molecule is O=C=Nc1nc(Cl)c(Cl)c(Cl)c1Cl. The van der Waals surface area contributed by atoms with E-state index < -0.39 is 0 Å². The number of carbonyl (C=O) groups excluding carboxylic acids is 1. The maximum atomic E-state index is 9.92. The van der Waals surface area contributed by atoms with Gasteiger partial charge in [-0.1, -0.05) is 46.4 Å². The van der Waals surface area contributed by atoms with Gasteiger partial charge in [0.15, 0.2) is 11.0 Å². The molecule has 1 aromatic heterocycles. The zero-order chi connectivity index (χ0) is 10.0. The van der Waals surface area contributed by atoms with E-state index in [1.54, 1.807) is 0 Å². The second-order valence-corrected chi connectivity index (χ2v) is 3.36. The van der Waals surface area contributed by atoms with Crippen LogP contribution in [0.1, 0.15) is 0 Å². The molecule has 0 N–H and O–H groups in total. The van der Waals surface area contributed by atoms with E-state index in [0.29, 0.717) is 0 Å². The summed E-state index contributed by atoms with van der Waals surface area (Å²) in [4.78, 5) is 16.7. The zero-order valence-corrected chi connectivity index (χ0v) is 8.84. The van der Waals surface area contributed by atoms with E-state index in [2.05, 4.69) is 9.98 Å². The third-order valence-electron chi connectivity index (χ3n) is 1.12. The maximum Gasteiger partial charge on any atom is 0.242 e. The number of aliphatic imine (C=N–C) groups is 1. The van der Waals surface area contributed by atoms with Crippen molar-refractivity contribution in [1.29, 1.82) is 0 Å². The molecule has 0 atom stereocenters. The lowest BCUT2D eigenvalue weighted by Crippen LogP contribution is -1.82. The van der Waals surface area contributed by atoms with Crippen LogP contribution in [0.3, 0.4) is 0 Å². The van der Waals surface area contributed by atoms with Crippen molar-refractivity contribution in [2.45, 2.75) is 0 Å². The van der Waals surface area contributed by atoms with Crippen LogP contribution in [0.15, 0.2) is 4.99 Å². The fourth-order valence-electron chi connectivity index (χ4n) is 0.594. The lowest BCUT2D eigenvalue weighted by Gasteiger charge is -2.01. The summed E-state index contributed by atoms with van der Waals surface area (Å²) in [6.45, 7) is 0. The van der Waals surface area contributed by atoms with Gasteiger partial charge in [-0.25, -0.2) is 9.78 Å². The number of rotatable bonds is 1. The molecule has 1 rings (SSSR count). The highest BCUT2D eigenvalue weighted by atomic mass is 35.5. The van der Waals surface area contributed by atoms with Crippen LogP contribution in [-0.4, -0.2) is 11.1 Å². The van der Waals surface area contributed by atoms with Crippen LogP contribution in [0.2, 0.25) is 20.2 Å². The largest absolute Gasteiger partial charge is 0.242 e. The first-order valence-electron chi connectivity index (χ1n) is 2.85. The highest BCUT2D eigenvalue weighted by molar-refractivity contribution is 6.52. The molecule has 0 aliphatic rings. The van der Waals surface area contributed by atoms with Crippen LogP contribution in [0.5, 0.6) is 0 Å². The Morgan fingerprint density at radius 1 is 1.08 bits per heavy atom. The van der Waals surface area contributed by atoms with Crippen LogP contribution in [-0.2, 0) is 4.79 Å². The minimum Gasteiger partial charge on any atom is -0.213 e. The molecule has 0 aliphatic heterocycles. The number of halogens is 4. The normalized spacial score (nSPS) is 9.54.